The maximum absolute atomic E-state index is 12.3. The maximum atomic E-state index is 12.3. The van der Waals surface area contributed by atoms with Crippen molar-refractivity contribution in [3.05, 3.63) is 0 Å². The van der Waals surface area contributed by atoms with Gasteiger partial charge in [-0.2, -0.15) is 0 Å². The highest BCUT2D eigenvalue weighted by Crippen LogP contribution is 2.18. The Morgan fingerprint density at radius 1 is 1.18 bits per heavy atom. The number of carbonyl (C=O) groups is 2. The molecule has 0 radical (unpaired) electrons. The van der Waals surface area contributed by atoms with Crippen molar-refractivity contribution < 1.29 is 14.3 Å². The van der Waals surface area contributed by atoms with Crippen LogP contribution in [0.25, 0.3) is 0 Å². The highest BCUT2D eigenvalue weighted by Gasteiger charge is 2.36. The van der Waals surface area contributed by atoms with E-state index in [0.29, 0.717) is 32.6 Å². The Morgan fingerprint density at radius 3 is 2.00 bits per heavy atom. The van der Waals surface area contributed by atoms with Gasteiger partial charge >= 0.3 is 0 Å². The van der Waals surface area contributed by atoms with E-state index in [9.17, 15) is 9.59 Å². The normalized spacial score (nSPS) is 20.0. The number of hydrogen-bond donors (Lipinski definition) is 0. The summed E-state index contributed by atoms with van der Waals surface area (Å²) in [5.41, 5.74) is -0.738. The van der Waals surface area contributed by atoms with Crippen LogP contribution in [0, 0.1) is 0 Å². The fraction of sp³-hybridized carbons (Fsp3) is 0.833. The molecule has 0 aromatic rings. The lowest BCUT2D eigenvalue weighted by atomic mass is 10.0. The predicted molar refractivity (Wildman–Crippen MR) is 64.5 cm³/mol. The molecule has 0 saturated carbocycles. The molecule has 0 N–H and O–H groups in total. The minimum Gasteiger partial charge on any atom is -0.369 e. The Labute approximate surface area is 103 Å². The summed E-state index contributed by atoms with van der Waals surface area (Å²) in [7, 11) is 1.56. The lowest BCUT2D eigenvalue weighted by Crippen LogP contribution is -2.56. The molecule has 5 nitrogen and oxygen atoms in total. The second-order valence-electron chi connectivity index (χ2n) is 4.59. The number of methoxy groups -OCH3 is 1. The monoisotopic (exact) mass is 242 g/mol. The molecule has 0 spiro atoms. The summed E-state index contributed by atoms with van der Waals surface area (Å²) in [4.78, 5) is 27.0. The summed E-state index contributed by atoms with van der Waals surface area (Å²) in [5.74, 6) is 0.0906. The molecule has 5 heteroatoms. The predicted octanol–water partition coefficient (Wildman–Crippen LogP) is 0.492. The summed E-state index contributed by atoms with van der Waals surface area (Å²) in [5, 5.41) is 0. The molecule has 1 aliphatic rings. The summed E-state index contributed by atoms with van der Waals surface area (Å²) < 4.78 is 5.30. The molecule has 0 bridgehead atoms. The van der Waals surface area contributed by atoms with E-state index in [0.717, 1.165) is 0 Å². The van der Waals surface area contributed by atoms with E-state index in [1.807, 2.05) is 13.8 Å². The van der Waals surface area contributed by atoms with Crippen molar-refractivity contribution in [2.45, 2.75) is 32.8 Å². The van der Waals surface area contributed by atoms with Gasteiger partial charge in [0.2, 0.25) is 5.91 Å². The molecule has 1 heterocycles. The van der Waals surface area contributed by atoms with E-state index in [2.05, 4.69) is 0 Å². The summed E-state index contributed by atoms with van der Waals surface area (Å²) in [6, 6.07) is 0. The molecule has 1 aliphatic heterocycles. The van der Waals surface area contributed by atoms with E-state index in [1.54, 1.807) is 23.8 Å². The number of carbonyl (C=O) groups excluding carboxylic acids is 2. The largest absolute Gasteiger partial charge is 0.369 e. The first kappa shape index (κ1) is 14.0. The minimum atomic E-state index is -0.738. The highest BCUT2D eigenvalue weighted by molar-refractivity contribution is 5.85. The quantitative estimate of drug-likeness (QED) is 0.724. The molecular weight excluding hydrogens is 220 g/mol. The summed E-state index contributed by atoms with van der Waals surface area (Å²) in [6.07, 6.45) is 0.648. The van der Waals surface area contributed by atoms with Gasteiger partial charge in [0.05, 0.1) is 0 Å². The van der Waals surface area contributed by atoms with Crippen LogP contribution < -0.4 is 0 Å². The SMILES string of the molecule is CCC(C)(OC)C(=O)N1CCN(C(C)=O)CC1. The Bertz CT molecular complexity index is 292. The third-order valence-corrected chi connectivity index (χ3v) is 3.59. The van der Waals surface area contributed by atoms with Gasteiger partial charge in [0.15, 0.2) is 0 Å². The van der Waals surface area contributed by atoms with Crippen molar-refractivity contribution in [2.24, 2.45) is 0 Å². The zero-order valence-corrected chi connectivity index (χ0v) is 11.2. The fourth-order valence-electron chi connectivity index (χ4n) is 1.94. The van der Waals surface area contributed by atoms with Gasteiger partial charge in [0.25, 0.3) is 5.91 Å². The van der Waals surface area contributed by atoms with E-state index in [1.165, 1.54) is 0 Å². The van der Waals surface area contributed by atoms with Gasteiger partial charge < -0.3 is 14.5 Å². The van der Waals surface area contributed by atoms with Crippen molar-refractivity contribution in [3.8, 4) is 0 Å². The van der Waals surface area contributed by atoms with Crippen molar-refractivity contribution in [2.75, 3.05) is 33.3 Å². The molecule has 0 aliphatic carbocycles. The molecule has 0 aromatic heterocycles. The van der Waals surface area contributed by atoms with Gasteiger partial charge in [-0.05, 0) is 13.3 Å². The number of hydrogen-bond acceptors (Lipinski definition) is 3. The minimum absolute atomic E-state index is 0.0192. The Balaban J connectivity index is 2.60. The molecule has 1 rings (SSSR count). The van der Waals surface area contributed by atoms with Gasteiger partial charge in [-0.25, -0.2) is 0 Å². The van der Waals surface area contributed by atoms with Crippen molar-refractivity contribution in [1.82, 2.24) is 9.80 Å². The van der Waals surface area contributed by atoms with Crippen LogP contribution in [0.4, 0.5) is 0 Å². The van der Waals surface area contributed by atoms with Gasteiger partial charge in [-0.15, -0.1) is 0 Å². The Hall–Kier alpha value is -1.10. The highest BCUT2D eigenvalue weighted by atomic mass is 16.5. The van der Waals surface area contributed by atoms with Crippen molar-refractivity contribution in [1.29, 1.82) is 0 Å². The average molecular weight is 242 g/mol. The van der Waals surface area contributed by atoms with Crippen LogP contribution >= 0.6 is 0 Å². The second-order valence-corrected chi connectivity index (χ2v) is 4.59. The number of piperazine rings is 1. The van der Waals surface area contributed by atoms with E-state index < -0.39 is 5.60 Å². The van der Waals surface area contributed by atoms with Gasteiger partial charge in [0, 0.05) is 40.2 Å². The lowest BCUT2D eigenvalue weighted by Gasteiger charge is -2.38. The van der Waals surface area contributed by atoms with E-state index in [4.69, 9.17) is 4.74 Å². The van der Waals surface area contributed by atoms with Crippen LogP contribution in [-0.4, -0.2) is 60.5 Å². The molecule has 0 aromatic carbocycles. The van der Waals surface area contributed by atoms with Crippen LogP contribution in [0.3, 0.4) is 0 Å². The fourth-order valence-corrected chi connectivity index (χ4v) is 1.94. The molecule has 1 saturated heterocycles. The third kappa shape index (κ3) is 2.97. The molecule has 1 atom stereocenters. The third-order valence-electron chi connectivity index (χ3n) is 3.59. The number of amides is 2. The number of ether oxygens (including phenoxy) is 1. The maximum Gasteiger partial charge on any atom is 0.254 e. The van der Waals surface area contributed by atoms with Crippen molar-refractivity contribution >= 4 is 11.8 Å². The number of nitrogens with zero attached hydrogens (tertiary/aromatic N) is 2. The zero-order chi connectivity index (χ0) is 13.1. The first-order valence-corrected chi connectivity index (χ1v) is 6.04. The molecule has 1 fully saturated rings. The zero-order valence-electron chi connectivity index (χ0n) is 11.2. The van der Waals surface area contributed by atoms with Gasteiger partial charge in [-0.1, -0.05) is 6.92 Å². The Morgan fingerprint density at radius 2 is 1.65 bits per heavy atom. The Kier molecular flexibility index (Phi) is 4.51. The molecule has 17 heavy (non-hydrogen) atoms. The molecular formula is C12H22N2O3. The van der Waals surface area contributed by atoms with Crippen LogP contribution in [-0.2, 0) is 14.3 Å². The lowest BCUT2D eigenvalue weighted by molar-refractivity contribution is -0.156. The van der Waals surface area contributed by atoms with E-state index >= 15 is 0 Å². The summed E-state index contributed by atoms with van der Waals surface area (Å²) >= 11 is 0. The topological polar surface area (TPSA) is 49.9 Å². The van der Waals surface area contributed by atoms with Crippen LogP contribution in [0.1, 0.15) is 27.2 Å². The smallest absolute Gasteiger partial charge is 0.254 e. The first-order valence-electron chi connectivity index (χ1n) is 6.04. The van der Waals surface area contributed by atoms with E-state index in [-0.39, 0.29) is 11.8 Å². The molecule has 98 valence electrons. The van der Waals surface area contributed by atoms with Crippen molar-refractivity contribution in [3.63, 3.8) is 0 Å². The first-order chi connectivity index (χ1) is 7.94. The van der Waals surface area contributed by atoms with Crippen LogP contribution in [0.15, 0.2) is 0 Å². The van der Waals surface area contributed by atoms with Gasteiger partial charge in [0.1, 0.15) is 5.60 Å². The standard InChI is InChI=1S/C12H22N2O3/c1-5-12(3,17-4)11(16)14-8-6-13(7-9-14)10(2)15/h5-9H2,1-4H3. The second kappa shape index (κ2) is 5.49. The molecule has 1 unspecified atom stereocenters. The van der Waals surface area contributed by atoms with Crippen LogP contribution in [0.2, 0.25) is 0 Å². The number of rotatable bonds is 3. The summed E-state index contributed by atoms with van der Waals surface area (Å²) in [6.45, 7) is 7.73. The van der Waals surface area contributed by atoms with Crippen LogP contribution in [0.5, 0.6) is 0 Å². The average Bonchev–Trinajstić information content (AvgIpc) is 2.37. The van der Waals surface area contributed by atoms with Gasteiger partial charge in [-0.3, -0.25) is 9.59 Å². The molecule has 2 amide bonds.